The van der Waals surface area contributed by atoms with E-state index in [9.17, 15) is 14.0 Å². The molecule has 142 valence electrons. The Bertz CT molecular complexity index is 851. The van der Waals surface area contributed by atoms with Crippen molar-refractivity contribution in [3.63, 3.8) is 0 Å². The summed E-state index contributed by atoms with van der Waals surface area (Å²) in [5.41, 5.74) is 0.729. The number of anilines is 1. The Labute approximate surface area is 165 Å². The van der Waals surface area contributed by atoms with Crippen molar-refractivity contribution in [1.82, 2.24) is 4.90 Å². The number of nitrogens with one attached hydrogen (secondary N) is 1. The number of benzene rings is 2. The van der Waals surface area contributed by atoms with E-state index in [4.69, 9.17) is 4.74 Å². The molecule has 0 unspecified atom stereocenters. The number of hydrogen-bond acceptors (Lipinski definition) is 3. The van der Waals surface area contributed by atoms with Gasteiger partial charge in [0, 0.05) is 29.0 Å². The molecular formula is C20H20BrFN2O3. The Kier molecular flexibility index (Phi) is 6.11. The summed E-state index contributed by atoms with van der Waals surface area (Å²) in [7, 11) is 1.56. The van der Waals surface area contributed by atoms with E-state index in [1.165, 1.54) is 12.1 Å². The second-order valence-electron chi connectivity index (χ2n) is 6.41. The number of likely N-dealkylation sites (tertiary alicyclic amines) is 1. The van der Waals surface area contributed by atoms with Crippen molar-refractivity contribution >= 4 is 33.4 Å². The molecule has 3 rings (SSSR count). The van der Waals surface area contributed by atoms with E-state index in [0.29, 0.717) is 41.7 Å². The number of amides is 2. The molecular weight excluding hydrogens is 415 g/mol. The standard InChI is InChI=1S/C20H20BrFN2O3/c1-27-16-4-2-3-14(11-16)20(26)24-9-7-13(8-10-24)19(25)23-18-6-5-15(21)12-17(18)22/h2-6,11-13H,7-10H2,1H3,(H,23,25). The minimum absolute atomic E-state index is 0.0771. The van der Waals surface area contributed by atoms with Gasteiger partial charge < -0.3 is 15.0 Å². The van der Waals surface area contributed by atoms with Gasteiger partial charge in [0.2, 0.25) is 5.91 Å². The largest absolute Gasteiger partial charge is 0.497 e. The molecule has 1 N–H and O–H groups in total. The molecule has 2 aromatic rings. The van der Waals surface area contributed by atoms with E-state index in [1.807, 2.05) is 0 Å². The van der Waals surface area contributed by atoms with Crippen LogP contribution in [-0.2, 0) is 4.79 Å². The summed E-state index contributed by atoms with van der Waals surface area (Å²) in [5.74, 6) is -0.395. The van der Waals surface area contributed by atoms with Crippen LogP contribution in [0.4, 0.5) is 10.1 Å². The second kappa shape index (κ2) is 8.52. The lowest BCUT2D eigenvalue weighted by Gasteiger charge is -2.31. The first kappa shape index (κ1) is 19.4. The van der Waals surface area contributed by atoms with Crippen molar-refractivity contribution in [3.8, 4) is 5.75 Å². The van der Waals surface area contributed by atoms with Crippen LogP contribution in [-0.4, -0.2) is 36.9 Å². The fourth-order valence-corrected chi connectivity index (χ4v) is 3.44. The van der Waals surface area contributed by atoms with Crippen LogP contribution in [0.3, 0.4) is 0 Å². The minimum Gasteiger partial charge on any atom is -0.497 e. The Balaban J connectivity index is 1.57. The molecule has 0 bridgehead atoms. The second-order valence-corrected chi connectivity index (χ2v) is 7.33. The molecule has 1 saturated heterocycles. The Morgan fingerprint density at radius 1 is 1.19 bits per heavy atom. The first-order valence-corrected chi connectivity index (χ1v) is 9.46. The van der Waals surface area contributed by atoms with Crippen LogP contribution < -0.4 is 10.1 Å². The van der Waals surface area contributed by atoms with Gasteiger partial charge in [-0.2, -0.15) is 0 Å². The van der Waals surface area contributed by atoms with Gasteiger partial charge in [0.05, 0.1) is 12.8 Å². The summed E-state index contributed by atoms with van der Waals surface area (Å²) < 4.78 is 19.7. The zero-order valence-electron chi connectivity index (χ0n) is 14.9. The molecule has 0 radical (unpaired) electrons. The highest BCUT2D eigenvalue weighted by Crippen LogP contribution is 2.24. The van der Waals surface area contributed by atoms with Gasteiger partial charge in [-0.3, -0.25) is 9.59 Å². The molecule has 5 nitrogen and oxygen atoms in total. The molecule has 0 saturated carbocycles. The van der Waals surface area contributed by atoms with Crippen LogP contribution in [0.1, 0.15) is 23.2 Å². The lowest BCUT2D eigenvalue weighted by Crippen LogP contribution is -2.41. The van der Waals surface area contributed by atoms with E-state index in [0.717, 1.165) is 0 Å². The fraction of sp³-hybridized carbons (Fsp3) is 0.300. The molecule has 0 aromatic heterocycles. The Morgan fingerprint density at radius 2 is 1.93 bits per heavy atom. The highest BCUT2D eigenvalue weighted by atomic mass is 79.9. The molecule has 0 spiro atoms. The van der Waals surface area contributed by atoms with Crippen LogP contribution in [0.5, 0.6) is 5.75 Å². The van der Waals surface area contributed by atoms with E-state index in [2.05, 4.69) is 21.2 Å². The van der Waals surface area contributed by atoms with Crippen LogP contribution >= 0.6 is 15.9 Å². The van der Waals surface area contributed by atoms with Crippen molar-refractivity contribution in [2.24, 2.45) is 5.92 Å². The van der Waals surface area contributed by atoms with E-state index in [-0.39, 0.29) is 23.4 Å². The molecule has 1 fully saturated rings. The van der Waals surface area contributed by atoms with E-state index >= 15 is 0 Å². The van der Waals surface area contributed by atoms with Crippen LogP contribution in [0.25, 0.3) is 0 Å². The third-order valence-corrected chi connectivity index (χ3v) is 5.15. The van der Waals surface area contributed by atoms with Gasteiger partial charge in [0.25, 0.3) is 5.91 Å². The summed E-state index contributed by atoms with van der Waals surface area (Å²) in [5, 5.41) is 2.64. The smallest absolute Gasteiger partial charge is 0.253 e. The predicted octanol–water partition coefficient (Wildman–Crippen LogP) is 4.09. The third kappa shape index (κ3) is 4.66. The van der Waals surface area contributed by atoms with Crippen LogP contribution in [0.15, 0.2) is 46.9 Å². The van der Waals surface area contributed by atoms with Crippen LogP contribution in [0.2, 0.25) is 0 Å². The first-order valence-electron chi connectivity index (χ1n) is 8.67. The highest BCUT2D eigenvalue weighted by molar-refractivity contribution is 9.10. The van der Waals surface area contributed by atoms with Gasteiger partial charge in [0.1, 0.15) is 11.6 Å². The van der Waals surface area contributed by atoms with Gasteiger partial charge in [-0.15, -0.1) is 0 Å². The lowest BCUT2D eigenvalue weighted by atomic mass is 9.95. The summed E-state index contributed by atoms with van der Waals surface area (Å²) in [6.45, 7) is 0.966. The van der Waals surface area contributed by atoms with Gasteiger partial charge in [-0.1, -0.05) is 22.0 Å². The van der Waals surface area contributed by atoms with Gasteiger partial charge in [0.15, 0.2) is 0 Å². The number of rotatable bonds is 4. The van der Waals surface area contributed by atoms with Gasteiger partial charge in [-0.05, 0) is 49.2 Å². The van der Waals surface area contributed by atoms with E-state index < -0.39 is 5.82 Å². The molecule has 1 aliphatic heterocycles. The maximum atomic E-state index is 13.9. The monoisotopic (exact) mass is 434 g/mol. The summed E-state index contributed by atoms with van der Waals surface area (Å²) >= 11 is 3.19. The van der Waals surface area contributed by atoms with E-state index in [1.54, 1.807) is 42.3 Å². The normalized spacial score (nSPS) is 14.7. The van der Waals surface area contributed by atoms with Gasteiger partial charge in [-0.25, -0.2) is 4.39 Å². The number of carbonyl (C=O) groups is 2. The first-order chi connectivity index (χ1) is 13.0. The summed E-state index contributed by atoms with van der Waals surface area (Å²) in [6.07, 6.45) is 1.08. The number of nitrogens with zero attached hydrogens (tertiary/aromatic N) is 1. The third-order valence-electron chi connectivity index (χ3n) is 4.66. The zero-order chi connectivity index (χ0) is 19.4. The Hall–Kier alpha value is -2.41. The summed E-state index contributed by atoms with van der Waals surface area (Å²) in [4.78, 5) is 26.8. The number of ether oxygens (including phenoxy) is 1. The molecule has 7 heteroatoms. The van der Waals surface area contributed by atoms with Crippen molar-refractivity contribution in [3.05, 3.63) is 58.3 Å². The molecule has 2 amide bonds. The predicted molar refractivity (Wildman–Crippen MR) is 104 cm³/mol. The number of piperidine rings is 1. The van der Waals surface area contributed by atoms with Crippen molar-refractivity contribution in [1.29, 1.82) is 0 Å². The van der Waals surface area contributed by atoms with Crippen molar-refractivity contribution in [2.45, 2.75) is 12.8 Å². The molecule has 1 aliphatic rings. The SMILES string of the molecule is COc1cccc(C(=O)N2CCC(C(=O)Nc3ccc(Br)cc3F)CC2)c1. The number of halogens is 2. The van der Waals surface area contributed by atoms with Crippen molar-refractivity contribution in [2.75, 3.05) is 25.5 Å². The van der Waals surface area contributed by atoms with Crippen molar-refractivity contribution < 1.29 is 18.7 Å². The number of hydrogen-bond donors (Lipinski definition) is 1. The Morgan fingerprint density at radius 3 is 2.59 bits per heavy atom. The minimum atomic E-state index is -0.483. The maximum Gasteiger partial charge on any atom is 0.253 e. The quantitative estimate of drug-likeness (QED) is 0.788. The fourth-order valence-electron chi connectivity index (χ4n) is 3.11. The topological polar surface area (TPSA) is 58.6 Å². The maximum absolute atomic E-state index is 13.9. The molecule has 27 heavy (non-hydrogen) atoms. The summed E-state index contributed by atoms with van der Waals surface area (Å²) in [6, 6.07) is 11.5. The van der Waals surface area contributed by atoms with Crippen LogP contribution in [0, 0.1) is 11.7 Å². The number of methoxy groups -OCH3 is 1. The average Bonchev–Trinajstić information content (AvgIpc) is 2.69. The molecule has 0 atom stereocenters. The van der Waals surface area contributed by atoms with Gasteiger partial charge >= 0.3 is 0 Å². The highest BCUT2D eigenvalue weighted by Gasteiger charge is 2.28. The molecule has 1 heterocycles. The zero-order valence-corrected chi connectivity index (χ0v) is 16.5. The molecule has 2 aromatic carbocycles. The average molecular weight is 435 g/mol. The molecule has 0 aliphatic carbocycles. The lowest BCUT2D eigenvalue weighted by molar-refractivity contribution is -0.121. The number of carbonyl (C=O) groups excluding carboxylic acids is 2.